The van der Waals surface area contributed by atoms with Crippen LogP contribution < -0.4 is 5.32 Å². The van der Waals surface area contributed by atoms with Crippen molar-refractivity contribution in [3.05, 3.63) is 103 Å². The van der Waals surface area contributed by atoms with Gasteiger partial charge in [-0.2, -0.15) is 0 Å². The van der Waals surface area contributed by atoms with E-state index >= 15 is 0 Å². The van der Waals surface area contributed by atoms with Crippen LogP contribution in [0.1, 0.15) is 23.2 Å². The van der Waals surface area contributed by atoms with Crippen LogP contribution in [0.2, 0.25) is 0 Å². The summed E-state index contributed by atoms with van der Waals surface area (Å²) in [5.74, 6) is 0.497. The van der Waals surface area contributed by atoms with Crippen molar-refractivity contribution in [2.24, 2.45) is 5.92 Å². The number of para-hydroxylation sites is 1. The molecule has 0 saturated heterocycles. The maximum Gasteiger partial charge on any atom is 0.254 e. The zero-order valence-corrected chi connectivity index (χ0v) is 18.8. The van der Waals surface area contributed by atoms with Gasteiger partial charge in [0.25, 0.3) is 5.91 Å². The topological polar surface area (TPSA) is 67.2 Å². The lowest BCUT2D eigenvalue weighted by molar-refractivity contribution is -0.117. The van der Waals surface area contributed by atoms with E-state index in [1.54, 1.807) is 17.0 Å². The fraction of sp³-hybridized carbons (Fsp3) is 0.179. The summed E-state index contributed by atoms with van der Waals surface area (Å²) in [7, 11) is 0. The molecule has 1 aliphatic rings. The second-order valence-corrected chi connectivity index (χ2v) is 8.56. The molecule has 0 atom stereocenters. The SMILES string of the molecule is O=C(CN(CC1CC1)C(=O)c1ccccc1)Nc1nc(-c2ccccc2)cn1-c1ccccc1. The minimum atomic E-state index is -0.271. The molecule has 0 aliphatic heterocycles. The van der Waals surface area contributed by atoms with Crippen molar-refractivity contribution < 1.29 is 9.59 Å². The number of hydrogen-bond acceptors (Lipinski definition) is 3. The second kappa shape index (κ2) is 9.75. The van der Waals surface area contributed by atoms with Crippen molar-refractivity contribution in [1.29, 1.82) is 0 Å². The van der Waals surface area contributed by atoms with Crippen molar-refractivity contribution in [2.75, 3.05) is 18.4 Å². The highest BCUT2D eigenvalue weighted by atomic mass is 16.2. The van der Waals surface area contributed by atoms with E-state index < -0.39 is 0 Å². The lowest BCUT2D eigenvalue weighted by Crippen LogP contribution is -2.39. The van der Waals surface area contributed by atoms with Crippen molar-refractivity contribution in [1.82, 2.24) is 14.5 Å². The van der Waals surface area contributed by atoms with Gasteiger partial charge in [-0.1, -0.05) is 66.7 Å². The summed E-state index contributed by atoms with van der Waals surface area (Å²) in [6.45, 7) is 0.566. The number of benzene rings is 3. The van der Waals surface area contributed by atoms with Gasteiger partial charge in [-0.15, -0.1) is 0 Å². The Hall–Kier alpha value is -4.19. The molecule has 6 heteroatoms. The highest BCUT2D eigenvalue weighted by Gasteiger charge is 2.29. The predicted molar refractivity (Wildman–Crippen MR) is 133 cm³/mol. The Morgan fingerprint density at radius 3 is 2.15 bits per heavy atom. The normalized spacial score (nSPS) is 12.8. The Labute approximate surface area is 198 Å². The molecule has 1 saturated carbocycles. The van der Waals surface area contributed by atoms with Crippen LogP contribution in [0.25, 0.3) is 16.9 Å². The van der Waals surface area contributed by atoms with E-state index in [1.165, 1.54) is 0 Å². The van der Waals surface area contributed by atoms with Gasteiger partial charge < -0.3 is 4.90 Å². The van der Waals surface area contributed by atoms with Crippen LogP contribution >= 0.6 is 0 Å². The zero-order chi connectivity index (χ0) is 23.3. The third kappa shape index (κ3) is 5.07. The standard InChI is InChI=1S/C28H26N4O2/c33-26(20-31(18-21-16-17-21)27(34)23-12-6-2-7-13-23)30-28-29-25(22-10-4-1-5-11-22)19-32(28)24-14-8-3-9-15-24/h1-15,19,21H,16-18,20H2,(H,29,30,33). The van der Waals surface area contributed by atoms with E-state index in [9.17, 15) is 9.59 Å². The molecule has 170 valence electrons. The number of amides is 2. The lowest BCUT2D eigenvalue weighted by atomic mass is 10.2. The third-order valence-electron chi connectivity index (χ3n) is 5.88. The molecule has 2 amide bonds. The molecule has 1 aliphatic carbocycles. The number of carbonyl (C=O) groups is 2. The average Bonchev–Trinajstić information content (AvgIpc) is 3.61. The minimum Gasteiger partial charge on any atom is -0.329 e. The summed E-state index contributed by atoms with van der Waals surface area (Å²) >= 11 is 0. The number of nitrogens with one attached hydrogen (secondary N) is 1. The second-order valence-electron chi connectivity index (χ2n) is 8.56. The quantitative estimate of drug-likeness (QED) is 0.409. The Kier molecular flexibility index (Phi) is 6.21. The van der Waals surface area contributed by atoms with Gasteiger partial charge in [0.2, 0.25) is 11.9 Å². The van der Waals surface area contributed by atoms with Crippen LogP contribution in [0.5, 0.6) is 0 Å². The van der Waals surface area contributed by atoms with E-state index in [2.05, 4.69) is 5.32 Å². The number of rotatable bonds is 8. The average molecular weight is 451 g/mol. The van der Waals surface area contributed by atoms with Crippen LogP contribution in [-0.4, -0.2) is 39.4 Å². The van der Waals surface area contributed by atoms with E-state index in [1.807, 2.05) is 89.6 Å². The highest BCUT2D eigenvalue weighted by Crippen LogP contribution is 2.30. The minimum absolute atomic E-state index is 0.0213. The Balaban J connectivity index is 1.39. The van der Waals surface area contributed by atoms with E-state index in [0.29, 0.717) is 24.0 Å². The van der Waals surface area contributed by atoms with Crippen molar-refractivity contribution in [3.63, 3.8) is 0 Å². The number of carbonyl (C=O) groups excluding carboxylic acids is 2. The first kappa shape index (κ1) is 21.6. The smallest absolute Gasteiger partial charge is 0.254 e. The summed E-state index contributed by atoms with van der Waals surface area (Å²) in [4.78, 5) is 32.6. The summed E-state index contributed by atoms with van der Waals surface area (Å²) in [6.07, 6.45) is 4.11. The van der Waals surface area contributed by atoms with E-state index in [4.69, 9.17) is 4.98 Å². The first-order valence-electron chi connectivity index (χ1n) is 11.5. The first-order chi connectivity index (χ1) is 16.7. The molecule has 0 bridgehead atoms. The number of hydrogen-bond donors (Lipinski definition) is 1. The highest BCUT2D eigenvalue weighted by molar-refractivity contribution is 5.99. The summed E-state index contributed by atoms with van der Waals surface area (Å²) in [5.41, 5.74) is 3.20. The lowest BCUT2D eigenvalue weighted by Gasteiger charge is -2.22. The molecule has 34 heavy (non-hydrogen) atoms. The molecule has 1 aromatic heterocycles. The van der Waals surface area contributed by atoms with Gasteiger partial charge in [0.1, 0.15) is 6.54 Å². The van der Waals surface area contributed by atoms with Gasteiger partial charge >= 0.3 is 0 Å². The number of aromatic nitrogens is 2. The van der Waals surface area contributed by atoms with Crippen LogP contribution in [0.4, 0.5) is 5.95 Å². The Morgan fingerprint density at radius 1 is 0.882 bits per heavy atom. The number of nitrogens with zero attached hydrogens (tertiary/aromatic N) is 3. The van der Waals surface area contributed by atoms with Gasteiger partial charge in [-0.3, -0.25) is 19.5 Å². The van der Waals surface area contributed by atoms with Gasteiger partial charge in [0.15, 0.2) is 0 Å². The van der Waals surface area contributed by atoms with E-state index in [0.717, 1.165) is 29.8 Å². The van der Waals surface area contributed by atoms with Gasteiger partial charge in [-0.05, 0) is 43.0 Å². The first-order valence-corrected chi connectivity index (χ1v) is 11.5. The van der Waals surface area contributed by atoms with Crippen LogP contribution in [0.3, 0.4) is 0 Å². The maximum absolute atomic E-state index is 13.1. The van der Waals surface area contributed by atoms with E-state index in [-0.39, 0.29) is 18.4 Å². The maximum atomic E-state index is 13.1. The number of anilines is 1. The zero-order valence-electron chi connectivity index (χ0n) is 18.8. The Morgan fingerprint density at radius 2 is 1.50 bits per heavy atom. The molecule has 0 spiro atoms. The van der Waals surface area contributed by atoms with Crippen molar-refractivity contribution in [3.8, 4) is 16.9 Å². The molecule has 3 aromatic carbocycles. The summed E-state index contributed by atoms with van der Waals surface area (Å²) < 4.78 is 1.87. The molecule has 1 N–H and O–H groups in total. The van der Waals surface area contributed by atoms with Crippen LogP contribution in [0.15, 0.2) is 97.2 Å². The molecular formula is C28H26N4O2. The predicted octanol–water partition coefficient (Wildman–Crippen LogP) is 5.03. The molecule has 0 unspecified atom stereocenters. The molecule has 6 nitrogen and oxygen atoms in total. The monoisotopic (exact) mass is 450 g/mol. The van der Waals surface area contributed by atoms with Crippen LogP contribution in [0, 0.1) is 5.92 Å². The molecule has 4 aromatic rings. The molecular weight excluding hydrogens is 424 g/mol. The van der Waals surface area contributed by atoms with Gasteiger partial charge in [0.05, 0.1) is 5.69 Å². The number of imidazole rings is 1. The molecule has 1 heterocycles. The summed E-state index contributed by atoms with van der Waals surface area (Å²) in [5, 5.41) is 2.95. The summed E-state index contributed by atoms with van der Waals surface area (Å²) in [6, 6.07) is 28.7. The largest absolute Gasteiger partial charge is 0.329 e. The van der Waals surface area contributed by atoms with Crippen molar-refractivity contribution in [2.45, 2.75) is 12.8 Å². The fourth-order valence-electron chi connectivity index (χ4n) is 3.93. The third-order valence-corrected chi connectivity index (χ3v) is 5.88. The molecule has 1 fully saturated rings. The Bertz CT molecular complexity index is 1270. The van der Waals surface area contributed by atoms with Gasteiger partial charge in [0, 0.05) is 29.6 Å². The van der Waals surface area contributed by atoms with Crippen molar-refractivity contribution >= 4 is 17.8 Å². The molecule has 5 rings (SSSR count). The van der Waals surface area contributed by atoms with Crippen LogP contribution in [-0.2, 0) is 4.79 Å². The fourth-order valence-corrected chi connectivity index (χ4v) is 3.93. The van der Waals surface area contributed by atoms with Gasteiger partial charge in [-0.25, -0.2) is 4.98 Å². The molecule has 0 radical (unpaired) electrons.